The molecule has 8 nitrogen and oxygen atoms in total. The molecular formula is C17H16BrClFN5O3. The molecular weight excluding hydrogens is 457 g/mol. The Hall–Kier alpha value is -2.46. The highest BCUT2D eigenvalue weighted by Gasteiger charge is 2.21. The number of amides is 1. The van der Waals surface area contributed by atoms with Gasteiger partial charge < -0.3 is 4.90 Å². The topological polar surface area (TPSA) is 82.1 Å². The zero-order valence-electron chi connectivity index (χ0n) is 15.2. The summed E-state index contributed by atoms with van der Waals surface area (Å²) in [6.45, 7) is -0.241. The molecule has 0 aliphatic rings. The van der Waals surface area contributed by atoms with Crippen LogP contribution in [-0.2, 0) is 32.0 Å². The molecule has 0 atom stereocenters. The highest BCUT2D eigenvalue weighted by atomic mass is 79.9. The summed E-state index contributed by atoms with van der Waals surface area (Å²) in [5, 5.41) is 0.222. The van der Waals surface area contributed by atoms with Crippen molar-refractivity contribution in [2.45, 2.75) is 13.1 Å². The molecule has 2 heterocycles. The number of aryl methyl sites for hydroxylation is 1. The second-order valence-corrected chi connectivity index (χ2v) is 7.41. The van der Waals surface area contributed by atoms with Gasteiger partial charge >= 0.3 is 5.69 Å². The first-order valence-corrected chi connectivity index (χ1v) is 9.29. The third-order valence-corrected chi connectivity index (χ3v) is 5.43. The molecule has 1 aromatic carbocycles. The highest BCUT2D eigenvalue weighted by Crippen LogP contribution is 2.21. The number of imidazole rings is 1. The monoisotopic (exact) mass is 471 g/mol. The number of likely N-dealkylation sites (N-methyl/N-ethyl adjacent to an activating group) is 1. The first-order chi connectivity index (χ1) is 13.1. The normalized spacial score (nSPS) is 11.2. The molecule has 3 aromatic rings. The fourth-order valence-electron chi connectivity index (χ4n) is 2.87. The molecule has 2 aromatic heterocycles. The van der Waals surface area contributed by atoms with Crippen molar-refractivity contribution in [1.29, 1.82) is 0 Å². The quantitative estimate of drug-likeness (QED) is 0.541. The van der Waals surface area contributed by atoms with E-state index in [1.807, 2.05) is 0 Å². The minimum atomic E-state index is -0.559. The van der Waals surface area contributed by atoms with Gasteiger partial charge in [0.05, 0.1) is 0 Å². The Morgan fingerprint density at radius 1 is 1.29 bits per heavy atom. The number of nitrogens with zero attached hydrogens (tertiary/aromatic N) is 5. The van der Waals surface area contributed by atoms with Crippen LogP contribution < -0.4 is 11.2 Å². The summed E-state index contributed by atoms with van der Waals surface area (Å²) < 4.78 is 17.8. The van der Waals surface area contributed by atoms with E-state index < -0.39 is 17.1 Å². The summed E-state index contributed by atoms with van der Waals surface area (Å²) in [5.74, 6) is -0.889. The van der Waals surface area contributed by atoms with Crippen molar-refractivity contribution >= 4 is 44.6 Å². The van der Waals surface area contributed by atoms with E-state index in [0.29, 0.717) is 0 Å². The number of benzene rings is 1. The molecule has 0 saturated heterocycles. The van der Waals surface area contributed by atoms with Gasteiger partial charge in [0.25, 0.3) is 5.56 Å². The molecule has 0 saturated carbocycles. The molecule has 0 unspecified atom stereocenters. The van der Waals surface area contributed by atoms with Gasteiger partial charge in [-0.3, -0.25) is 23.3 Å². The average Bonchev–Trinajstić information content (AvgIpc) is 2.97. The zero-order valence-corrected chi connectivity index (χ0v) is 17.6. The number of halogens is 3. The van der Waals surface area contributed by atoms with Crippen LogP contribution in [0.5, 0.6) is 0 Å². The van der Waals surface area contributed by atoms with E-state index >= 15 is 0 Å². The third kappa shape index (κ3) is 3.37. The van der Waals surface area contributed by atoms with Crippen molar-refractivity contribution < 1.29 is 9.18 Å². The van der Waals surface area contributed by atoms with E-state index in [1.54, 1.807) is 6.07 Å². The van der Waals surface area contributed by atoms with Gasteiger partial charge in [0.15, 0.2) is 15.9 Å². The molecule has 0 aliphatic carbocycles. The largest absolute Gasteiger partial charge is 0.340 e. The lowest BCUT2D eigenvalue weighted by Gasteiger charge is -2.19. The Balaban J connectivity index is 1.97. The maximum absolute atomic E-state index is 14.0. The summed E-state index contributed by atoms with van der Waals surface area (Å²) >= 11 is 9.25. The predicted octanol–water partition coefficient (Wildman–Crippen LogP) is 1.65. The standard InChI is InChI=1S/C17H16BrClFN5O3/c1-22(7-9-10(19)5-4-6-11(9)20)12(26)8-25-14-13(21-16(25)18)15(27)24(3)17(28)23(14)2/h4-6H,7-8H2,1-3H3. The summed E-state index contributed by atoms with van der Waals surface area (Å²) in [4.78, 5) is 42.7. The average molecular weight is 473 g/mol. The smallest absolute Gasteiger partial charge is 0.332 e. The van der Waals surface area contributed by atoms with Crippen LogP contribution in [0, 0.1) is 5.82 Å². The van der Waals surface area contributed by atoms with Crippen LogP contribution in [0.25, 0.3) is 11.2 Å². The molecule has 3 rings (SSSR count). The first kappa shape index (κ1) is 20.3. The lowest BCUT2D eigenvalue weighted by molar-refractivity contribution is -0.131. The van der Waals surface area contributed by atoms with E-state index in [9.17, 15) is 18.8 Å². The molecule has 0 fully saturated rings. The van der Waals surface area contributed by atoms with Crippen LogP contribution in [-0.4, -0.2) is 36.5 Å². The Kier molecular flexibility index (Phi) is 5.44. The van der Waals surface area contributed by atoms with Crippen LogP contribution in [0.1, 0.15) is 5.56 Å². The number of carbonyl (C=O) groups is 1. The van der Waals surface area contributed by atoms with E-state index in [1.165, 1.54) is 47.3 Å². The SMILES string of the molecule is CN(Cc1c(F)cccc1Cl)C(=O)Cn1c(Br)nc2c(=O)n(C)c(=O)n(C)c21. The van der Waals surface area contributed by atoms with Gasteiger partial charge in [-0.15, -0.1) is 0 Å². The Morgan fingerprint density at radius 3 is 2.61 bits per heavy atom. The molecule has 11 heteroatoms. The van der Waals surface area contributed by atoms with Gasteiger partial charge in [0.1, 0.15) is 12.4 Å². The minimum Gasteiger partial charge on any atom is -0.340 e. The van der Waals surface area contributed by atoms with Gasteiger partial charge in [0, 0.05) is 38.3 Å². The van der Waals surface area contributed by atoms with Crippen molar-refractivity contribution in [1.82, 2.24) is 23.6 Å². The molecule has 0 aliphatic heterocycles. The summed E-state index contributed by atoms with van der Waals surface area (Å²) in [6, 6.07) is 4.30. The number of aromatic nitrogens is 4. The van der Waals surface area contributed by atoms with Gasteiger partial charge in [-0.25, -0.2) is 14.2 Å². The van der Waals surface area contributed by atoms with Crippen molar-refractivity contribution in [2.24, 2.45) is 14.1 Å². The number of rotatable bonds is 4. The predicted molar refractivity (Wildman–Crippen MR) is 106 cm³/mol. The molecule has 0 radical (unpaired) electrons. The van der Waals surface area contributed by atoms with E-state index in [4.69, 9.17) is 11.6 Å². The summed E-state index contributed by atoms with van der Waals surface area (Å²) in [6.07, 6.45) is 0. The second kappa shape index (κ2) is 7.51. The lowest BCUT2D eigenvalue weighted by Crippen LogP contribution is -2.38. The van der Waals surface area contributed by atoms with Gasteiger partial charge in [0.2, 0.25) is 5.91 Å². The molecule has 148 valence electrons. The second-order valence-electron chi connectivity index (χ2n) is 6.29. The van der Waals surface area contributed by atoms with E-state index in [-0.39, 0.29) is 45.5 Å². The fourth-order valence-corrected chi connectivity index (χ4v) is 3.56. The Morgan fingerprint density at radius 2 is 1.96 bits per heavy atom. The third-order valence-electron chi connectivity index (χ3n) is 4.47. The van der Waals surface area contributed by atoms with Crippen molar-refractivity contribution in [3.8, 4) is 0 Å². The van der Waals surface area contributed by atoms with Crippen molar-refractivity contribution in [3.05, 3.63) is 60.2 Å². The zero-order chi connectivity index (χ0) is 20.7. The molecule has 1 amide bonds. The molecule has 0 bridgehead atoms. The molecule has 28 heavy (non-hydrogen) atoms. The van der Waals surface area contributed by atoms with Crippen LogP contribution in [0.15, 0.2) is 32.5 Å². The molecule has 0 spiro atoms. The van der Waals surface area contributed by atoms with Crippen LogP contribution in [0.2, 0.25) is 5.02 Å². The van der Waals surface area contributed by atoms with Gasteiger partial charge in [-0.2, -0.15) is 0 Å². The number of fused-ring (bicyclic) bond motifs is 1. The number of carbonyl (C=O) groups excluding carboxylic acids is 1. The minimum absolute atomic E-state index is 0.0325. The first-order valence-electron chi connectivity index (χ1n) is 8.12. The summed E-state index contributed by atoms with van der Waals surface area (Å²) in [5.41, 5.74) is -0.618. The van der Waals surface area contributed by atoms with Crippen molar-refractivity contribution in [2.75, 3.05) is 7.05 Å². The van der Waals surface area contributed by atoms with E-state index in [2.05, 4.69) is 20.9 Å². The fraction of sp³-hybridized carbons (Fsp3) is 0.294. The summed E-state index contributed by atoms with van der Waals surface area (Å²) in [7, 11) is 4.35. The van der Waals surface area contributed by atoms with Crippen molar-refractivity contribution in [3.63, 3.8) is 0 Å². The van der Waals surface area contributed by atoms with Gasteiger partial charge in [-0.1, -0.05) is 17.7 Å². The van der Waals surface area contributed by atoms with Gasteiger partial charge in [-0.05, 0) is 28.1 Å². The Labute approximate surface area is 171 Å². The number of hydrogen-bond donors (Lipinski definition) is 0. The lowest BCUT2D eigenvalue weighted by atomic mass is 10.2. The van der Waals surface area contributed by atoms with Crippen LogP contribution in [0.3, 0.4) is 0 Å². The van der Waals surface area contributed by atoms with Crippen LogP contribution in [0.4, 0.5) is 4.39 Å². The highest BCUT2D eigenvalue weighted by molar-refractivity contribution is 9.10. The van der Waals surface area contributed by atoms with Crippen LogP contribution >= 0.6 is 27.5 Å². The Bertz CT molecular complexity index is 1200. The molecule has 0 N–H and O–H groups in total. The van der Waals surface area contributed by atoms with E-state index in [0.717, 1.165) is 4.57 Å². The maximum Gasteiger partial charge on any atom is 0.332 e. The number of hydrogen-bond acceptors (Lipinski definition) is 4. The maximum atomic E-state index is 14.0.